The van der Waals surface area contributed by atoms with Crippen molar-refractivity contribution in [2.45, 2.75) is 25.9 Å². The van der Waals surface area contributed by atoms with Crippen LogP contribution in [0.25, 0.3) is 0 Å². The molecule has 0 aliphatic carbocycles. The third-order valence-corrected chi connectivity index (χ3v) is 2.79. The van der Waals surface area contributed by atoms with E-state index in [-0.39, 0.29) is 6.61 Å². The van der Waals surface area contributed by atoms with Gasteiger partial charge in [-0.3, -0.25) is 9.59 Å². The summed E-state index contributed by atoms with van der Waals surface area (Å²) in [7, 11) is 0. The van der Waals surface area contributed by atoms with Gasteiger partial charge < -0.3 is 4.74 Å². The summed E-state index contributed by atoms with van der Waals surface area (Å²) in [5.74, 6) is -5.12. The van der Waals surface area contributed by atoms with E-state index in [4.69, 9.17) is 0 Å². The summed E-state index contributed by atoms with van der Waals surface area (Å²) in [6.45, 7) is 1.41. The molecule has 116 valence electrons. The molecule has 1 rings (SSSR count). The zero-order chi connectivity index (χ0) is 16.0. The number of hydrogen-bond acceptors (Lipinski definition) is 3. The Morgan fingerprint density at radius 1 is 1.19 bits per heavy atom. The van der Waals surface area contributed by atoms with Crippen LogP contribution in [0.5, 0.6) is 0 Å². The Kier molecular flexibility index (Phi) is 5.87. The molecule has 1 atom stereocenters. The van der Waals surface area contributed by atoms with Crippen molar-refractivity contribution in [3.8, 4) is 0 Å². The Balaban J connectivity index is 2.84. The van der Waals surface area contributed by atoms with Crippen LogP contribution in [0.4, 0.5) is 17.6 Å². The normalized spacial score (nSPS) is 12.8. The van der Waals surface area contributed by atoms with Crippen LogP contribution in [0, 0.1) is 11.7 Å². The maximum atomic E-state index is 13.4. The number of carbonyl (C=O) groups is 2. The molecule has 0 aliphatic rings. The van der Waals surface area contributed by atoms with Crippen molar-refractivity contribution in [2.24, 2.45) is 5.92 Å². The maximum Gasteiger partial charge on any atom is 0.392 e. The van der Waals surface area contributed by atoms with Crippen LogP contribution < -0.4 is 0 Å². The smallest absolute Gasteiger partial charge is 0.392 e. The van der Waals surface area contributed by atoms with Gasteiger partial charge in [0, 0.05) is 6.42 Å². The molecule has 0 saturated carbocycles. The van der Waals surface area contributed by atoms with Crippen molar-refractivity contribution in [2.75, 3.05) is 6.61 Å². The SMILES string of the molecule is CCOC(=O)C[C@H](CC(=O)c1ccccc1F)C(F)(F)F. The summed E-state index contributed by atoms with van der Waals surface area (Å²) in [6.07, 6.45) is -6.70. The lowest BCUT2D eigenvalue weighted by molar-refractivity contribution is -0.183. The fourth-order valence-corrected chi connectivity index (χ4v) is 1.75. The highest BCUT2D eigenvalue weighted by molar-refractivity contribution is 5.96. The number of benzene rings is 1. The second-order valence-corrected chi connectivity index (χ2v) is 4.35. The molecule has 0 heterocycles. The number of alkyl halides is 3. The van der Waals surface area contributed by atoms with E-state index in [2.05, 4.69) is 4.74 Å². The van der Waals surface area contributed by atoms with Crippen molar-refractivity contribution < 1.29 is 31.9 Å². The van der Waals surface area contributed by atoms with Gasteiger partial charge in [0.2, 0.25) is 0 Å². The van der Waals surface area contributed by atoms with Gasteiger partial charge >= 0.3 is 12.1 Å². The number of ether oxygens (including phenoxy) is 1. The highest BCUT2D eigenvalue weighted by Crippen LogP contribution is 2.33. The van der Waals surface area contributed by atoms with Crippen LogP contribution >= 0.6 is 0 Å². The van der Waals surface area contributed by atoms with Crippen LogP contribution in [-0.4, -0.2) is 24.5 Å². The van der Waals surface area contributed by atoms with Crippen LogP contribution in [0.3, 0.4) is 0 Å². The average molecular weight is 306 g/mol. The molecule has 0 saturated heterocycles. The van der Waals surface area contributed by atoms with Gasteiger partial charge in [0.15, 0.2) is 5.78 Å². The van der Waals surface area contributed by atoms with E-state index in [1.54, 1.807) is 0 Å². The third-order valence-electron chi connectivity index (χ3n) is 2.79. The van der Waals surface area contributed by atoms with Gasteiger partial charge in [0.25, 0.3) is 0 Å². The molecule has 21 heavy (non-hydrogen) atoms. The van der Waals surface area contributed by atoms with E-state index in [1.165, 1.54) is 19.1 Å². The molecule has 0 unspecified atom stereocenters. The molecule has 7 heteroatoms. The molecular weight excluding hydrogens is 292 g/mol. The van der Waals surface area contributed by atoms with E-state index in [0.29, 0.717) is 0 Å². The first-order valence-corrected chi connectivity index (χ1v) is 6.25. The highest BCUT2D eigenvalue weighted by atomic mass is 19.4. The zero-order valence-electron chi connectivity index (χ0n) is 11.2. The molecule has 0 fully saturated rings. The quantitative estimate of drug-likeness (QED) is 0.459. The molecule has 0 amide bonds. The van der Waals surface area contributed by atoms with Crippen molar-refractivity contribution >= 4 is 11.8 Å². The topological polar surface area (TPSA) is 43.4 Å². The van der Waals surface area contributed by atoms with Gasteiger partial charge in [-0.15, -0.1) is 0 Å². The van der Waals surface area contributed by atoms with Gasteiger partial charge in [-0.2, -0.15) is 13.2 Å². The van der Waals surface area contributed by atoms with Crippen LogP contribution in [-0.2, 0) is 9.53 Å². The fraction of sp³-hybridized carbons (Fsp3) is 0.429. The lowest BCUT2D eigenvalue weighted by Gasteiger charge is -2.18. The molecule has 0 radical (unpaired) electrons. The number of rotatable bonds is 6. The van der Waals surface area contributed by atoms with Gasteiger partial charge in [-0.25, -0.2) is 4.39 Å². The molecule has 0 aliphatic heterocycles. The Hall–Kier alpha value is -1.92. The van der Waals surface area contributed by atoms with Gasteiger partial charge in [0.05, 0.1) is 24.5 Å². The number of Topliss-reactive ketones (excluding diaryl/α,β-unsaturated/α-hetero) is 1. The number of hydrogen-bond donors (Lipinski definition) is 0. The predicted octanol–water partition coefficient (Wildman–Crippen LogP) is 3.53. The number of esters is 1. The minimum absolute atomic E-state index is 0.0509. The summed E-state index contributed by atoms with van der Waals surface area (Å²) in [5, 5.41) is 0. The second kappa shape index (κ2) is 7.19. The Morgan fingerprint density at radius 2 is 1.81 bits per heavy atom. The second-order valence-electron chi connectivity index (χ2n) is 4.35. The van der Waals surface area contributed by atoms with E-state index in [0.717, 1.165) is 12.1 Å². The summed E-state index contributed by atoms with van der Waals surface area (Å²) in [5.41, 5.74) is -0.421. The van der Waals surface area contributed by atoms with Gasteiger partial charge in [-0.05, 0) is 19.1 Å². The zero-order valence-corrected chi connectivity index (χ0v) is 11.2. The van der Waals surface area contributed by atoms with Crippen LogP contribution in [0.15, 0.2) is 24.3 Å². The van der Waals surface area contributed by atoms with Crippen molar-refractivity contribution in [1.29, 1.82) is 0 Å². The van der Waals surface area contributed by atoms with E-state index >= 15 is 0 Å². The summed E-state index contributed by atoms with van der Waals surface area (Å²) in [4.78, 5) is 22.9. The monoisotopic (exact) mass is 306 g/mol. The molecule has 0 bridgehead atoms. The largest absolute Gasteiger partial charge is 0.466 e. The fourth-order valence-electron chi connectivity index (χ4n) is 1.75. The molecule has 0 N–H and O–H groups in total. The average Bonchev–Trinajstić information content (AvgIpc) is 2.37. The highest BCUT2D eigenvalue weighted by Gasteiger charge is 2.42. The standard InChI is InChI=1S/C14H14F4O3/c1-2-21-13(20)8-9(14(16,17)18)7-12(19)10-5-3-4-6-11(10)15/h3-6,9H,2,7-8H2,1H3/t9-/m0/s1. The Morgan fingerprint density at radius 3 is 2.33 bits per heavy atom. The van der Waals surface area contributed by atoms with E-state index in [9.17, 15) is 27.2 Å². The number of carbonyl (C=O) groups excluding carboxylic acids is 2. The molecule has 1 aromatic rings. The maximum absolute atomic E-state index is 13.4. The molecule has 0 aromatic heterocycles. The molecular formula is C14H14F4O3. The predicted molar refractivity (Wildman–Crippen MR) is 66.1 cm³/mol. The number of halogens is 4. The van der Waals surface area contributed by atoms with Crippen molar-refractivity contribution in [3.63, 3.8) is 0 Å². The molecule has 1 aromatic carbocycles. The van der Waals surface area contributed by atoms with Gasteiger partial charge in [0.1, 0.15) is 5.82 Å². The van der Waals surface area contributed by atoms with Crippen LogP contribution in [0.2, 0.25) is 0 Å². The third kappa shape index (κ3) is 5.17. The van der Waals surface area contributed by atoms with Crippen molar-refractivity contribution in [1.82, 2.24) is 0 Å². The lowest BCUT2D eigenvalue weighted by atomic mass is 9.94. The Bertz CT molecular complexity index is 511. The van der Waals surface area contributed by atoms with Crippen LogP contribution in [0.1, 0.15) is 30.1 Å². The summed E-state index contributed by atoms with van der Waals surface area (Å²) >= 11 is 0. The minimum Gasteiger partial charge on any atom is -0.466 e. The number of ketones is 1. The molecule has 0 spiro atoms. The first-order valence-electron chi connectivity index (χ1n) is 6.25. The van der Waals surface area contributed by atoms with E-state index in [1.807, 2.05) is 0 Å². The Labute approximate surface area is 118 Å². The van der Waals surface area contributed by atoms with Gasteiger partial charge in [-0.1, -0.05) is 12.1 Å². The molecule has 3 nitrogen and oxygen atoms in total. The minimum atomic E-state index is -4.74. The summed E-state index contributed by atoms with van der Waals surface area (Å²) < 4.78 is 56.4. The summed E-state index contributed by atoms with van der Waals surface area (Å²) in [6, 6.07) is 4.77. The first-order chi connectivity index (χ1) is 9.75. The first kappa shape index (κ1) is 17.1. The lowest BCUT2D eigenvalue weighted by Crippen LogP contribution is -2.29. The van der Waals surface area contributed by atoms with Crippen molar-refractivity contribution in [3.05, 3.63) is 35.6 Å². The van der Waals surface area contributed by atoms with E-state index < -0.39 is 48.1 Å².